The topological polar surface area (TPSA) is 49.3 Å². The SMILES string of the molecule is CSc1cccc(NC(=O)c2ccc(Cl)cc2O)c1. The molecule has 5 heteroatoms. The largest absolute Gasteiger partial charge is 0.507 e. The molecule has 0 atom stereocenters. The zero-order chi connectivity index (χ0) is 13.8. The normalized spacial score (nSPS) is 10.2. The van der Waals surface area contributed by atoms with Crippen molar-refractivity contribution in [3.8, 4) is 5.75 Å². The van der Waals surface area contributed by atoms with Gasteiger partial charge in [-0.25, -0.2) is 0 Å². The van der Waals surface area contributed by atoms with Crippen LogP contribution in [0.2, 0.25) is 5.02 Å². The van der Waals surface area contributed by atoms with Gasteiger partial charge in [0.2, 0.25) is 0 Å². The molecule has 0 aliphatic heterocycles. The molecule has 2 rings (SSSR count). The molecule has 0 unspecified atom stereocenters. The lowest BCUT2D eigenvalue weighted by molar-refractivity contribution is 0.102. The third kappa shape index (κ3) is 3.43. The predicted octanol–water partition coefficient (Wildman–Crippen LogP) is 4.02. The van der Waals surface area contributed by atoms with Gasteiger partial charge in [0.15, 0.2) is 0 Å². The molecule has 0 saturated carbocycles. The van der Waals surface area contributed by atoms with Gasteiger partial charge in [-0.2, -0.15) is 0 Å². The number of hydrogen-bond acceptors (Lipinski definition) is 3. The number of benzene rings is 2. The van der Waals surface area contributed by atoms with Crippen molar-refractivity contribution < 1.29 is 9.90 Å². The van der Waals surface area contributed by atoms with E-state index in [9.17, 15) is 9.90 Å². The van der Waals surface area contributed by atoms with Crippen LogP contribution in [0.5, 0.6) is 5.75 Å². The summed E-state index contributed by atoms with van der Waals surface area (Å²) in [7, 11) is 0. The van der Waals surface area contributed by atoms with Gasteiger partial charge in [0.25, 0.3) is 5.91 Å². The molecule has 0 aliphatic rings. The molecule has 0 radical (unpaired) electrons. The number of thioether (sulfide) groups is 1. The maximum Gasteiger partial charge on any atom is 0.259 e. The van der Waals surface area contributed by atoms with Crippen LogP contribution in [0.15, 0.2) is 47.4 Å². The fourth-order valence-corrected chi connectivity index (χ4v) is 2.22. The van der Waals surface area contributed by atoms with Crippen LogP contribution in [-0.2, 0) is 0 Å². The molecular weight excluding hydrogens is 282 g/mol. The van der Waals surface area contributed by atoms with Crippen LogP contribution in [0.3, 0.4) is 0 Å². The maximum absolute atomic E-state index is 12.0. The lowest BCUT2D eigenvalue weighted by Crippen LogP contribution is -2.12. The van der Waals surface area contributed by atoms with Gasteiger partial charge in [-0.1, -0.05) is 17.7 Å². The number of rotatable bonds is 3. The minimum Gasteiger partial charge on any atom is -0.507 e. The van der Waals surface area contributed by atoms with Crippen molar-refractivity contribution >= 4 is 35.0 Å². The maximum atomic E-state index is 12.0. The Balaban J connectivity index is 2.20. The van der Waals surface area contributed by atoms with E-state index in [0.29, 0.717) is 10.7 Å². The second-order valence-electron chi connectivity index (χ2n) is 3.85. The first kappa shape index (κ1) is 13.8. The lowest BCUT2D eigenvalue weighted by atomic mass is 10.2. The Morgan fingerprint density at radius 1 is 1.26 bits per heavy atom. The number of anilines is 1. The number of aromatic hydroxyl groups is 1. The molecular formula is C14H12ClNO2S. The number of phenolic OH excluding ortho intramolecular Hbond substituents is 1. The van der Waals surface area contributed by atoms with Crippen LogP contribution < -0.4 is 5.32 Å². The number of carbonyl (C=O) groups is 1. The molecule has 0 aliphatic carbocycles. The van der Waals surface area contributed by atoms with Gasteiger partial charge in [-0.3, -0.25) is 4.79 Å². The number of amides is 1. The van der Waals surface area contributed by atoms with Gasteiger partial charge in [0, 0.05) is 15.6 Å². The van der Waals surface area contributed by atoms with Crippen molar-refractivity contribution in [2.24, 2.45) is 0 Å². The van der Waals surface area contributed by atoms with E-state index >= 15 is 0 Å². The molecule has 98 valence electrons. The highest BCUT2D eigenvalue weighted by Gasteiger charge is 2.11. The Hall–Kier alpha value is -1.65. The lowest BCUT2D eigenvalue weighted by Gasteiger charge is -2.08. The highest BCUT2D eigenvalue weighted by molar-refractivity contribution is 7.98. The number of nitrogens with one attached hydrogen (secondary N) is 1. The highest BCUT2D eigenvalue weighted by atomic mass is 35.5. The molecule has 2 N–H and O–H groups in total. The summed E-state index contributed by atoms with van der Waals surface area (Å²) >= 11 is 7.32. The van der Waals surface area contributed by atoms with E-state index in [1.807, 2.05) is 24.5 Å². The van der Waals surface area contributed by atoms with Gasteiger partial charge in [-0.15, -0.1) is 11.8 Å². The molecule has 0 spiro atoms. The summed E-state index contributed by atoms with van der Waals surface area (Å²) in [6.07, 6.45) is 1.96. The van der Waals surface area contributed by atoms with Gasteiger partial charge in [0.1, 0.15) is 5.75 Å². The van der Waals surface area contributed by atoms with E-state index < -0.39 is 0 Å². The Morgan fingerprint density at radius 3 is 2.74 bits per heavy atom. The van der Waals surface area contributed by atoms with E-state index in [0.717, 1.165) is 4.90 Å². The third-order valence-corrected chi connectivity index (χ3v) is 3.49. The zero-order valence-corrected chi connectivity index (χ0v) is 11.8. The minimum absolute atomic E-state index is 0.133. The summed E-state index contributed by atoms with van der Waals surface area (Å²) in [5.41, 5.74) is 0.880. The van der Waals surface area contributed by atoms with Crippen LogP contribution in [0.25, 0.3) is 0 Å². The van der Waals surface area contributed by atoms with E-state index in [4.69, 9.17) is 11.6 Å². The van der Waals surface area contributed by atoms with Crippen molar-refractivity contribution in [3.05, 3.63) is 53.1 Å². The van der Waals surface area contributed by atoms with Crippen molar-refractivity contribution in [3.63, 3.8) is 0 Å². The summed E-state index contributed by atoms with van der Waals surface area (Å²) in [4.78, 5) is 13.1. The standard InChI is InChI=1S/C14H12ClNO2S/c1-19-11-4-2-3-10(8-11)16-14(18)12-6-5-9(15)7-13(12)17/h2-8,17H,1H3,(H,16,18). The van der Waals surface area contributed by atoms with Crippen LogP contribution in [0.4, 0.5) is 5.69 Å². The Bertz CT molecular complexity index is 616. The molecule has 0 saturated heterocycles. The van der Waals surface area contributed by atoms with Crippen LogP contribution in [0.1, 0.15) is 10.4 Å². The Kier molecular flexibility index (Phi) is 4.35. The Labute approximate surface area is 120 Å². The monoisotopic (exact) mass is 293 g/mol. The summed E-state index contributed by atoms with van der Waals surface area (Å²) in [5, 5.41) is 12.8. The summed E-state index contributed by atoms with van der Waals surface area (Å²) in [6, 6.07) is 11.9. The van der Waals surface area contributed by atoms with E-state index in [1.165, 1.54) is 12.1 Å². The molecule has 0 aromatic heterocycles. The average Bonchev–Trinajstić information content (AvgIpc) is 2.38. The molecule has 19 heavy (non-hydrogen) atoms. The predicted molar refractivity (Wildman–Crippen MR) is 79.3 cm³/mol. The zero-order valence-electron chi connectivity index (χ0n) is 10.2. The average molecular weight is 294 g/mol. The quantitative estimate of drug-likeness (QED) is 0.840. The third-order valence-electron chi connectivity index (χ3n) is 2.53. The first-order valence-electron chi connectivity index (χ1n) is 5.54. The van der Waals surface area contributed by atoms with Crippen LogP contribution in [0, 0.1) is 0 Å². The molecule has 0 fully saturated rings. The number of phenols is 1. The summed E-state index contributed by atoms with van der Waals surface area (Å²) in [5.74, 6) is -0.501. The van der Waals surface area contributed by atoms with Crippen molar-refractivity contribution in [2.45, 2.75) is 4.90 Å². The number of carbonyl (C=O) groups excluding carboxylic acids is 1. The van der Waals surface area contributed by atoms with E-state index in [-0.39, 0.29) is 17.2 Å². The van der Waals surface area contributed by atoms with E-state index in [1.54, 1.807) is 23.9 Å². The van der Waals surface area contributed by atoms with Crippen molar-refractivity contribution in [1.29, 1.82) is 0 Å². The smallest absolute Gasteiger partial charge is 0.259 e. The fourth-order valence-electron chi connectivity index (χ4n) is 1.60. The molecule has 2 aromatic rings. The first-order chi connectivity index (χ1) is 9.10. The molecule has 2 aromatic carbocycles. The summed E-state index contributed by atoms with van der Waals surface area (Å²) in [6.45, 7) is 0. The van der Waals surface area contributed by atoms with Gasteiger partial charge in [0.05, 0.1) is 5.56 Å². The van der Waals surface area contributed by atoms with Gasteiger partial charge < -0.3 is 10.4 Å². The number of halogens is 1. The van der Waals surface area contributed by atoms with Gasteiger partial charge >= 0.3 is 0 Å². The van der Waals surface area contributed by atoms with Gasteiger partial charge in [-0.05, 0) is 42.7 Å². The first-order valence-corrected chi connectivity index (χ1v) is 7.14. The Morgan fingerprint density at radius 2 is 2.05 bits per heavy atom. The second-order valence-corrected chi connectivity index (χ2v) is 5.16. The molecule has 3 nitrogen and oxygen atoms in total. The summed E-state index contributed by atoms with van der Waals surface area (Å²) < 4.78 is 0. The number of hydrogen-bond donors (Lipinski definition) is 2. The second kappa shape index (κ2) is 5.99. The molecule has 0 bridgehead atoms. The van der Waals surface area contributed by atoms with Crippen molar-refractivity contribution in [2.75, 3.05) is 11.6 Å². The fraction of sp³-hybridized carbons (Fsp3) is 0.0714. The van der Waals surface area contributed by atoms with E-state index in [2.05, 4.69) is 5.32 Å². The molecule has 1 amide bonds. The minimum atomic E-state index is -0.368. The van der Waals surface area contributed by atoms with Crippen LogP contribution in [-0.4, -0.2) is 17.3 Å². The highest BCUT2D eigenvalue weighted by Crippen LogP contribution is 2.24. The molecule has 0 heterocycles. The van der Waals surface area contributed by atoms with Crippen LogP contribution >= 0.6 is 23.4 Å². The van der Waals surface area contributed by atoms with Crippen molar-refractivity contribution in [1.82, 2.24) is 0 Å².